The van der Waals surface area contributed by atoms with Gasteiger partial charge in [0.2, 0.25) is 5.13 Å². The van der Waals surface area contributed by atoms with Gasteiger partial charge < -0.3 is 5.11 Å². The predicted molar refractivity (Wildman–Crippen MR) is 108 cm³/mol. The predicted octanol–water partition coefficient (Wildman–Crippen LogP) is 4.61. The summed E-state index contributed by atoms with van der Waals surface area (Å²) in [7, 11) is 0. The fraction of sp³-hybridized carbons (Fsp3) is 0.105. The number of anilines is 1. The highest BCUT2D eigenvalue weighted by Crippen LogP contribution is 2.31. The molecule has 2 aromatic carbocycles. The molecule has 5 nitrogen and oxygen atoms in total. The van der Waals surface area contributed by atoms with Crippen LogP contribution in [0.3, 0.4) is 0 Å². The van der Waals surface area contributed by atoms with E-state index in [4.69, 9.17) is 5.11 Å². The van der Waals surface area contributed by atoms with Crippen LogP contribution in [-0.4, -0.2) is 28.5 Å². The molecule has 1 heterocycles. The zero-order valence-electron chi connectivity index (χ0n) is 14.0. The third-order valence-corrected chi connectivity index (χ3v) is 5.25. The fourth-order valence-corrected chi connectivity index (χ4v) is 3.66. The molecule has 0 saturated carbocycles. The lowest BCUT2D eigenvalue weighted by Crippen LogP contribution is -1.99. The number of nitrogens with one attached hydrogen (secondary N) is 1. The Bertz CT molecular complexity index is 906. The van der Waals surface area contributed by atoms with E-state index in [9.17, 15) is 4.79 Å². The van der Waals surface area contributed by atoms with Gasteiger partial charge in [-0.3, -0.25) is 10.2 Å². The van der Waals surface area contributed by atoms with E-state index < -0.39 is 5.97 Å². The number of hydrogen-bond acceptors (Lipinski definition) is 6. The first-order valence-corrected chi connectivity index (χ1v) is 9.90. The molecule has 26 heavy (non-hydrogen) atoms. The number of rotatable bonds is 7. The summed E-state index contributed by atoms with van der Waals surface area (Å²) < 4.78 is 0. The first-order valence-electron chi connectivity index (χ1n) is 7.86. The molecule has 0 amide bonds. The number of hydrogen-bond donors (Lipinski definition) is 2. The highest BCUT2D eigenvalue weighted by Gasteiger charge is 2.15. The van der Waals surface area contributed by atoms with Crippen molar-refractivity contribution < 1.29 is 9.90 Å². The van der Waals surface area contributed by atoms with Gasteiger partial charge in [-0.25, -0.2) is 4.98 Å². The lowest BCUT2D eigenvalue weighted by molar-refractivity contribution is -0.136. The van der Waals surface area contributed by atoms with E-state index in [1.165, 1.54) is 16.2 Å². The van der Waals surface area contributed by atoms with E-state index >= 15 is 0 Å². The standard InChI is InChI=1S/C19H17N3O2S2/c1-25-15-9-7-13(8-10-15)12-20-22-19-21-18(14-5-3-2-4-6-14)16(26-19)11-17(23)24/h2-10,12H,11H2,1H3,(H,21,22)(H,23,24)/b20-12+. The average Bonchev–Trinajstić information content (AvgIpc) is 3.05. The molecule has 0 saturated heterocycles. The highest BCUT2D eigenvalue weighted by atomic mass is 32.2. The summed E-state index contributed by atoms with van der Waals surface area (Å²) >= 11 is 2.99. The van der Waals surface area contributed by atoms with Crippen LogP contribution in [0.4, 0.5) is 5.13 Å². The van der Waals surface area contributed by atoms with E-state index in [-0.39, 0.29) is 6.42 Å². The molecule has 0 aliphatic heterocycles. The molecule has 2 N–H and O–H groups in total. The zero-order chi connectivity index (χ0) is 18.4. The number of aromatic nitrogens is 1. The quantitative estimate of drug-likeness (QED) is 0.354. The first-order chi connectivity index (χ1) is 12.7. The lowest BCUT2D eigenvalue weighted by Gasteiger charge is -1.99. The second-order valence-corrected chi connectivity index (χ2v) is 7.33. The summed E-state index contributed by atoms with van der Waals surface area (Å²) in [4.78, 5) is 17.6. The van der Waals surface area contributed by atoms with Crippen molar-refractivity contribution in [3.05, 3.63) is 65.0 Å². The van der Waals surface area contributed by atoms with Crippen LogP contribution in [0.5, 0.6) is 0 Å². The molecule has 0 unspecified atom stereocenters. The van der Waals surface area contributed by atoms with Gasteiger partial charge in [0.15, 0.2) is 0 Å². The van der Waals surface area contributed by atoms with Gasteiger partial charge >= 0.3 is 5.97 Å². The summed E-state index contributed by atoms with van der Waals surface area (Å²) in [5.41, 5.74) is 5.45. The minimum atomic E-state index is -0.880. The van der Waals surface area contributed by atoms with Crippen LogP contribution >= 0.6 is 23.1 Å². The molecule has 0 radical (unpaired) electrons. The van der Waals surface area contributed by atoms with Crippen LogP contribution in [0, 0.1) is 0 Å². The van der Waals surface area contributed by atoms with Crippen LogP contribution in [0.15, 0.2) is 64.6 Å². The molecule has 132 valence electrons. The largest absolute Gasteiger partial charge is 0.481 e. The molecule has 0 fully saturated rings. The van der Waals surface area contributed by atoms with Crippen LogP contribution in [0.25, 0.3) is 11.3 Å². The molecule has 0 bridgehead atoms. The summed E-state index contributed by atoms with van der Waals surface area (Å²) in [6, 6.07) is 17.6. The maximum absolute atomic E-state index is 11.1. The molecule has 3 aromatic rings. The molecule has 7 heteroatoms. The van der Waals surface area contributed by atoms with Crippen molar-refractivity contribution in [1.82, 2.24) is 4.98 Å². The molecule has 3 rings (SSSR count). The summed E-state index contributed by atoms with van der Waals surface area (Å²) in [6.45, 7) is 0. The second-order valence-electron chi connectivity index (χ2n) is 5.37. The van der Waals surface area contributed by atoms with Crippen molar-refractivity contribution in [2.45, 2.75) is 11.3 Å². The van der Waals surface area contributed by atoms with Gasteiger partial charge in [0.05, 0.1) is 18.3 Å². The Balaban J connectivity index is 1.78. The van der Waals surface area contributed by atoms with E-state index in [2.05, 4.69) is 15.5 Å². The third kappa shape index (κ3) is 4.71. The number of aliphatic carboxylic acids is 1. The van der Waals surface area contributed by atoms with Gasteiger partial charge in [-0.15, -0.1) is 11.8 Å². The van der Waals surface area contributed by atoms with Crippen LogP contribution in [0.2, 0.25) is 0 Å². The number of carbonyl (C=O) groups is 1. The van der Waals surface area contributed by atoms with Gasteiger partial charge in [0, 0.05) is 15.3 Å². The Kier molecular flexibility index (Phi) is 6.04. The summed E-state index contributed by atoms with van der Waals surface area (Å²) in [5.74, 6) is -0.880. The fourth-order valence-electron chi connectivity index (χ4n) is 2.33. The number of carboxylic acid groups (broad SMARTS) is 1. The van der Waals surface area contributed by atoms with E-state index in [1.807, 2.05) is 60.9 Å². The van der Waals surface area contributed by atoms with Crippen LogP contribution in [-0.2, 0) is 11.2 Å². The van der Waals surface area contributed by atoms with Crippen molar-refractivity contribution in [2.75, 3.05) is 11.7 Å². The van der Waals surface area contributed by atoms with Crippen molar-refractivity contribution in [2.24, 2.45) is 5.10 Å². The number of carboxylic acids is 1. The number of hydrazone groups is 1. The average molecular weight is 383 g/mol. The summed E-state index contributed by atoms with van der Waals surface area (Å²) in [6.07, 6.45) is 3.68. The Morgan fingerprint density at radius 1 is 1.23 bits per heavy atom. The topological polar surface area (TPSA) is 74.6 Å². The van der Waals surface area contributed by atoms with Gasteiger partial charge in [0.1, 0.15) is 0 Å². The van der Waals surface area contributed by atoms with Gasteiger partial charge in [-0.05, 0) is 24.0 Å². The third-order valence-electron chi connectivity index (χ3n) is 3.55. The van der Waals surface area contributed by atoms with Gasteiger partial charge in [0.25, 0.3) is 0 Å². The molecule has 0 aliphatic carbocycles. The minimum Gasteiger partial charge on any atom is -0.481 e. The van der Waals surface area contributed by atoms with Gasteiger partial charge in [-0.2, -0.15) is 5.10 Å². The van der Waals surface area contributed by atoms with Crippen molar-refractivity contribution >= 4 is 40.4 Å². The number of thiazole rings is 1. The van der Waals surface area contributed by atoms with Crippen LogP contribution in [0.1, 0.15) is 10.4 Å². The first kappa shape index (κ1) is 18.2. The Morgan fingerprint density at radius 2 is 1.96 bits per heavy atom. The maximum Gasteiger partial charge on any atom is 0.308 e. The number of thioether (sulfide) groups is 1. The van der Waals surface area contributed by atoms with E-state index in [0.29, 0.717) is 15.7 Å². The van der Waals surface area contributed by atoms with E-state index in [1.54, 1.807) is 18.0 Å². The molecule has 0 aliphatic rings. The van der Waals surface area contributed by atoms with Crippen molar-refractivity contribution in [1.29, 1.82) is 0 Å². The SMILES string of the molecule is CSc1ccc(/C=N/Nc2nc(-c3ccccc3)c(CC(=O)O)s2)cc1. The maximum atomic E-state index is 11.1. The smallest absolute Gasteiger partial charge is 0.308 e. The Hall–Kier alpha value is -2.64. The molecular weight excluding hydrogens is 366 g/mol. The van der Waals surface area contributed by atoms with Gasteiger partial charge in [-0.1, -0.05) is 53.8 Å². The minimum absolute atomic E-state index is 0.0660. The van der Waals surface area contributed by atoms with Crippen LogP contribution < -0.4 is 5.43 Å². The normalized spacial score (nSPS) is 11.0. The number of benzene rings is 2. The summed E-state index contributed by atoms with van der Waals surface area (Å²) in [5, 5.41) is 13.9. The number of nitrogens with zero attached hydrogens (tertiary/aromatic N) is 2. The Labute approximate surface area is 159 Å². The van der Waals surface area contributed by atoms with Crippen molar-refractivity contribution in [3.63, 3.8) is 0 Å². The molecule has 0 spiro atoms. The van der Waals surface area contributed by atoms with Crippen molar-refractivity contribution in [3.8, 4) is 11.3 Å². The second kappa shape index (κ2) is 8.64. The zero-order valence-corrected chi connectivity index (χ0v) is 15.7. The lowest BCUT2D eigenvalue weighted by atomic mass is 10.1. The van der Waals surface area contributed by atoms with E-state index in [0.717, 1.165) is 11.1 Å². The highest BCUT2D eigenvalue weighted by molar-refractivity contribution is 7.98. The Morgan fingerprint density at radius 3 is 2.62 bits per heavy atom. The molecular formula is C19H17N3O2S2. The monoisotopic (exact) mass is 383 g/mol. The molecule has 1 aromatic heterocycles. The molecule has 0 atom stereocenters.